The third kappa shape index (κ3) is 5.22. The zero-order chi connectivity index (χ0) is 24.1. The SMILES string of the molecule is CCCCc1oc2ccccc2c1C(=O)Nc1ccc(N2CCN(C(C)C)CC2)cc1OCC. The number of benzene rings is 2. The zero-order valence-corrected chi connectivity index (χ0v) is 20.9. The van der Waals surface area contributed by atoms with Crippen LogP contribution in [0.3, 0.4) is 0 Å². The molecule has 4 rings (SSSR count). The molecule has 1 saturated heterocycles. The molecule has 2 heterocycles. The van der Waals surface area contributed by atoms with E-state index in [1.165, 1.54) is 0 Å². The Balaban J connectivity index is 1.57. The second-order valence-corrected chi connectivity index (χ2v) is 9.18. The molecule has 1 aromatic heterocycles. The molecule has 1 aliphatic rings. The lowest BCUT2D eigenvalue weighted by molar-refractivity contribution is 0.102. The Morgan fingerprint density at radius 2 is 1.85 bits per heavy atom. The minimum atomic E-state index is -0.157. The van der Waals surface area contributed by atoms with Crippen molar-refractivity contribution in [3.05, 3.63) is 53.8 Å². The summed E-state index contributed by atoms with van der Waals surface area (Å²) in [6.07, 6.45) is 2.76. The van der Waals surface area contributed by atoms with Crippen LogP contribution >= 0.6 is 0 Å². The Hall–Kier alpha value is -2.99. The largest absolute Gasteiger partial charge is 0.492 e. The van der Waals surface area contributed by atoms with Gasteiger partial charge in [0.25, 0.3) is 5.91 Å². The van der Waals surface area contributed by atoms with Crippen LogP contribution in [0.25, 0.3) is 11.0 Å². The lowest BCUT2D eigenvalue weighted by atomic mass is 10.1. The predicted octanol–water partition coefficient (Wildman–Crippen LogP) is 5.96. The van der Waals surface area contributed by atoms with E-state index in [0.717, 1.165) is 67.9 Å². The van der Waals surface area contributed by atoms with Gasteiger partial charge in [0.2, 0.25) is 0 Å². The highest BCUT2D eigenvalue weighted by atomic mass is 16.5. The Morgan fingerprint density at radius 3 is 2.56 bits per heavy atom. The van der Waals surface area contributed by atoms with Gasteiger partial charge in [-0.3, -0.25) is 9.69 Å². The van der Waals surface area contributed by atoms with Gasteiger partial charge in [0.05, 0.1) is 17.9 Å². The molecule has 0 saturated carbocycles. The summed E-state index contributed by atoms with van der Waals surface area (Å²) in [6.45, 7) is 13.2. The van der Waals surface area contributed by atoms with Crippen LogP contribution in [-0.4, -0.2) is 49.6 Å². The second kappa shape index (κ2) is 11.0. The molecule has 3 aromatic rings. The number of furan rings is 1. The molecule has 1 fully saturated rings. The minimum absolute atomic E-state index is 0.157. The highest BCUT2D eigenvalue weighted by Gasteiger charge is 2.23. The summed E-state index contributed by atoms with van der Waals surface area (Å²) in [7, 11) is 0. The number of fused-ring (bicyclic) bond motifs is 1. The molecule has 0 aliphatic carbocycles. The number of ether oxygens (including phenoxy) is 1. The monoisotopic (exact) mass is 463 g/mol. The van der Waals surface area contributed by atoms with E-state index in [2.05, 4.69) is 48.0 Å². The van der Waals surface area contributed by atoms with Crippen molar-refractivity contribution in [2.45, 2.75) is 53.0 Å². The normalized spacial score (nSPS) is 14.7. The molecule has 0 atom stereocenters. The summed E-state index contributed by atoms with van der Waals surface area (Å²) in [4.78, 5) is 18.4. The first-order valence-corrected chi connectivity index (χ1v) is 12.6. The van der Waals surface area contributed by atoms with Crippen LogP contribution in [0.5, 0.6) is 5.75 Å². The highest BCUT2D eigenvalue weighted by Crippen LogP contribution is 2.33. The van der Waals surface area contributed by atoms with Gasteiger partial charge in [-0.2, -0.15) is 0 Å². The molecule has 1 N–H and O–H groups in total. The van der Waals surface area contributed by atoms with Crippen LogP contribution in [0.1, 0.15) is 56.7 Å². The van der Waals surface area contributed by atoms with E-state index in [1.54, 1.807) is 0 Å². The third-order valence-corrected chi connectivity index (χ3v) is 6.58. The molecular formula is C28H37N3O3. The maximum atomic E-state index is 13.5. The van der Waals surface area contributed by atoms with Crippen LogP contribution in [-0.2, 0) is 6.42 Å². The molecule has 34 heavy (non-hydrogen) atoms. The number of aryl methyl sites for hydroxylation is 1. The number of para-hydroxylation sites is 1. The number of amides is 1. The summed E-state index contributed by atoms with van der Waals surface area (Å²) in [5, 5.41) is 3.96. The van der Waals surface area contributed by atoms with Crippen molar-refractivity contribution in [3.8, 4) is 5.75 Å². The topological polar surface area (TPSA) is 58.0 Å². The number of nitrogens with zero attached hydrogens (tertiary/aromatic N) is 2. The van der Waals surface area contributed by atoms with Gasteiger partial charge in [-0.15, -0.1) is 0 Å². The summed E-state index contributed by atoms with van der Waals surface area (Å²) in [5.41, 5.74) is 3.19. The standard InChI is InChI=1S/C28H37N3O3/c1-5-7-11-25-27(22-10-8-9-12-24(22)34-25)28(32)29-23-14-13-21(19-26(23)33-6-2)31-17-15-30(16-18-31)20(3)4/h8-10,12-14,19-20H,5-7,11,15-18H2,1-4H3,(H,29,32). The van der Waals surface area contributed by atoms with Crippen molar-refractivity contribution >= 4 is 28.3 Å². The van der Waals surface area contributed by atoms with Gasteiger partial charge in [0, 0.05) is 55.8 Å². The zero-order valence-electron chi connectivity index (χ0n) is 20.9. The van der Waals surface area contributed by atoms with Crippen molar-refractivity contribution < 1.29 is 13.9 Å². The number of carbonyl (C=O) groups is 1. The number of anilines is 2. The van der Waals surface area contributed by atoms with E-state index in [-0.39, 0.29) is 5.91 Å². The summed E-state index contributed by atoms with van der Waals surface area (Å²) in [5.74, 6) is 1.29. The fraction of sp³-hybridized carbons (Fsp3) is 0.464. The Kier molecular flexibility index (Phi) is 7.78. The van der Waals surface area contributed by atoms with Crippen LogP contribution in [0.2, 0.25) is 0 Å². The van der Waals surface area contributed by atoms with Crippen LogP contribution < -0.4 is 15.0 Å². The molecule has 1 aliphatic heterocycles. The number of hydrogen-bond acceptors (Lipinski definition) is 5. The number of rotatable bonds is 9. The molecule has 0 radical (unpaired) electrons. The highest BCUT2D eigenvalue weighted by molar-refractivity contribution is 6.13. The van der Waals surface area contributed by atoms with E-state index in [4.69, 9.17) is 9.15 Å². The molecule has 6 nitrogen and oxygen atoms in total. The molecule has 0 spiro atoms. The Labute approximate surface area is 202 Å². The molecule has 1 amide bonds. The van der Waals surface area contributed by atoms with E-state index in [9.17, 15) is 4.79 Å². The smallest absolute Gasteiger partial charge is 0.259 e. The van der Waals surface area contributed by atoms with E-state index < -0.39 is 0 Å². The van der Waals surface area contributed by atoms with E-state index in [1.807, 2.05) is 37.3 Å². The number of carbonyl (C=O) groups excluding carboxylic acids is 1. The van der Waals surface area contributed by atoms with Crippen LogP contribution in [0.15, 0.2) is 46.9 Å². The quantitative estimate of drug-likeness (QED) is 0.424. The van der Waals surface area contributed by atoms with Crippen molar-refractivity contribution in [1.29, 1.82) is 0 Å². The average molecular weight is 464 g/mol. The van der Waals surface area contributed by atoms with Gasteiger partial charge >= 0.3 is 0 Å². The fourth-order valence-electron chi connectivity index (χ4n) is 4.63. The number of hydrogen-bond donors (Lipinski definition) is 1. The van der Waals surface area contributed by atoms with Gasteiger partial charge in [-0.25, -0.2) is 0 Å². The van der Waals surface area contributed by atoms with Gasteiger partial charge in [-0.05, 0) is 45.4 Å². The lowest BCUT2D eigenvalue weighted by Crippen LogP contribution is -2.48. The number of piperazine rings is 1. The van der Waals surface area contributed by atoms with Crippen molar-refractivity contribution in [1.82, 2.24) is 4.90 Å². The van der Waals surface area contributed by atoms with E-state index >= 15 is 0 Å². The maximum absolute atomic E-state index is 13.5. The molecule has 0 bridgehead atoms. The summed E-state index contributed by atoms with van der Waals surface area (Å²) >= 11 is 0. The first kappa shape index (κ1) is 24.1. The predicted molar refractivity (Wildman–Crippen MR) is 139 cm³/mol. The average Bonchev–Trinajstić information content (AvgIpc) is 3.22. The molecule has 182 valence electrons. The first-order chi connectivity index (χ1) is 16.5. The minimum Gasteiger partial charge on any atom is -0.492 e. The van der Waals surface area contributed by atoms with Crippen molar-refractivity contribution in [2.75, 3.05) is 43.0 Å². The van der Waals surface area contributed by atoms with E-state index in [0.29, 0.717) is 29.6 Å². The molecule has 0 unspecified atom stereocenters. The summed E-state index contributed by atoms with van der Waals surface area (Å²) in [6, 6.07) is 14.4. The molecular weight excluding hydrogens is 426 g/mol. The van der Waals surface area contributed by atoms with Gasteiger partial charge in [0.1, 0.15) is 17.1 Å². The fourth-order valence-corrected chi connectivity index (χ4v) is 4.63. The first-order valence-electron chi connectivity index (χ1n) is 12.6. The number of nitrogens with one attached hydrogen (secondary N) is 1. The van der Waals surface area contributed by atoms with Crippen molar-refractivity contribution in [2.24, 2.45) is 0 Å². The van der Waals surface area contributed by atoms with Crippen molar-refractivity contribution in [3.63, 3.8) is 0 Å². The maximum Gasteiger partial charge on any atom is 0.259 e. The number of unbranched alkanes of at least 4 members (excludes halogenated alkanes) is 1. The lowest BCUT2D eigenvalue weighted by Gasteiger charge is -2.38. The Bertz CT molecular complexity index is 1110. The van der Waals surface area contributed by atoms with Gasteiger partial charge < -0.3 is 19.4 Å². The van der Waals surface area contributed by atoms with Crippen LogP contribution in [0.4, 0.5) is 11.4 Å². The Morgan fingerprint density at radius 1 is 1.09 bits per heavy atom. The van der Waals surface area contributed by atoms with Gasteiger partial charge in [0.15, 0.2) is 0 Å². The van der Waals surface area contributed by atoms with Gasteiger partial charge in [-0.1, -0.05) is 31.5 Å². The second-order valence-electron chi connectivity index (χ2n) is 9.18. The van der Waals surface area contributed by atoms with Crippen LogP contribution in [0, 0.1) is 0 Å². The third-order valence-electron chi connectivity index (χ3n) is 6.58. The molecule has 2 aromatic carbocycles. The summed E-state index contributed by atoms with van der Waals surface area (Å²) < 4.78 is 12.0. The molecule has 6 heteroatoms.